The molecular weight excluding hydrogens is 253 g/mol. The van der Waals surface area contributed by atoms with Crippen molar-refractivity contribution in [3.8, 4) is 5.75 Å². The zero-order chi connectivity index (χ0) is 14.1. The first-order valence-electron chi connectivity index (χ1n) is 6.93. The highest BCUT2D eigenvalue weighted by Gasteiger charge is 2.21. The summed E-state index contributed by atoms with van der Waals surface area (Å²) < 4.78 is 19.1. The highest BCUT2D eigenvalue weighted by atomic mass is 19.1. The summed E-state index contributed by atoms with van der Waals surface area (Å²) in [5.74, 6) is 0.980. The van der Waals surface area contributed by atoms with Crippen molar-refractivity contribution in [3.63, 3.8) is 0 Å². The number of benzene rings is 2. The Balaban J connectivity index is 1.81. The van der Waals surface area contributed by atoms with Crippen LogP contribution in [0, 0.1) is 5.82 Å². The second-order valence-corrected chi connectivity index (χ2v) is 5.45. The van der Waals surface area contributed by atoms with E-state index in [9.17, 15) is 4.39 Å². The lowest BCUT2D eigenvalue weighted by Gasteiger charge is -2.27. The fourth-order valence-electron chi connectivity index (χ4n) is 2.42. The van der Waals surface area contributed by atoms with E-state index in [0.29, 0.717) is 18.2 Å². The first-order chi connectivity index (χ1) is 9.63. The second kappa shape index (κ2) is 5.16. The molecule has 0 spiro atoms. The van der Waals surface area contributed by atoms with Gasteiger partial charge in [0.05, 0.1) is 12.2 Å². The van der Waals surface area contributed by atoms with Gasteiger partial charge < -0.3 is 10.1 Å². The van der Waals surface area contributed by atoms with Crippen molar-refractivity contribution in [1.29, 1.82) is 0 Å². The van der Waals surface area contributed by atoms with Crippen LogP contribution < -0.4 is 10.1 Å². The summed E-state index contributed by atoms with van der Waals surface area (Å²) in [6.45, 7) is 5.01. The van der Waals surface area contributed by atoms with Crippen molar-refractivity contribution in [1.82, 2.24) is 0 Å². The molecule has 0 saturated carbocycles. The van der Waals surface area contributed by atoms with Gasteiger partial charge in [0.25, 0.3) is 0 Å². The molecule has 0 aromatic heterocycles. The predicted octanol–water partition coefficient (Wildman–Crippen LogP) is 4.49. The average Bonchev–Trinajstić information content (AvgIpc) is 2.47. The van der Waals surface area contributed by atoms with Gasteiger partial charge in [-0.2, -0.15) is 0 Å². The van der Waals surface area contributed by atoms with E-state index in [1.165, 1.54) is 17.7 Å². The molecule has 0 radical (unpaired) electrons. The summed E-state index contributed by atoms with van der Waals surface area (Å²) in [7, 11) is 0. The van der Waals surface area contributed by atoms with Gasteiger partial charge >= 0.3 is 0 Å². The van der Waals surface area contributed by atoms with Gasteiger partial charge in [0.15, 0.2) is 0 Å². The predicted molar refractivity (Wildman–Crippen MR) is 78.8 cm³/mol. The van der Waals surface area contributed by atoms with Gasteiger partial charge in [-0.05, 0) is 29.2 Å². The van der Waals surface area contributed by atoms with E-state index in [4.69, 9.17) is 4.74 Å². The molecule has 0 saturated heterocycles. The van der Waals surface area contributed by atoms with E-state index < -0.39 is 0 Å². The lowest BCUT2D eigenvalue weighted by atomic mass is 9.99. The average molecular weight is 271 g/mol. The number of ether oxygens (including phenoxy) is 1. The molecule has 0 bridgehead atoms. The number of rotatable bonds is 2. The van der Waals surface area contributed by atoms with E-state index in [2.05, 4.69) is 43.4 Å². The zero-order valence-corrected chi connectivity index (χ0v) is 11.7. The van der Waals surface area contributed by atoms with Crippen LogP contribution >= 0.6 is 0 Å². The largest absolute Gasteiger partial charge is 0.482 e. The molecule has 104 valence electrons. The molecule has 0 amide bonds. The molecule has 1 N–H and O–H groups in total. The van der Waals surface area contributed by atoms with Gasteiger partial charge in [-0.1, -0.05) is 38.1 Å². The van der Waals surface area contributed by atoms with Crippen LogP contribution in [-0.4, -0.2) is 6.54 Å². The Kier molecular flexibility index (Phi) is 3.35. The van der Waals surface area contributed by atoms with Crippen LogP contribution in [0.15, 0.2) is 42.5 Å². The number of hydrogen-bond acceptors (Lipinski definition) is 2. The minimum atomic E-state index is -0.250. The summed E-state index contributed by atoms with van der Waals surface area (Å²) in [6, 6.07) is 13.1. The van der Waals surface area contributed by atoms with E-state index in [1.807, 2.05) is 0 Å². The van der Waals surface area contributed by atoms with Crippen molar-refractivity contribution >= 4 is 5.69 Å². The Morgan fingerprint density at radius 1 is 1.15 bits per heavy atom. The summed E-state index contributed by atoms with van der Waals surface area (Å²) >= 11 is 0. The Labute approximate surface area is 118 Å². The highest BCUT2D eigenvalue weighted by molar-refractivity contribution is 5.58. The molecule has 2 aromatic rings. The van der Waals surface area contributed by atoms with Gasteiger partial charge in [-0.15, -0.1) is 0 Å². The van der Waals surface area contributed by atoms with E-state index in [-0.39, 0.29) is 11.9 Å². The van der Waals surface area contributed by atoms with Crippen LogP contribution in [-0.2, 0) is 0 Å². The monoisotopic (exact) mass is 271 g/mol. The molecule has 0 aliphatic carbocycles. The lowest BCUT2D eigenvalue weighted by Crippen LogP contribution is -2.23. The number of halogens is 1. The standard InChI is InChI=1S/C17H18FNO/c1-11(2)12-3-5-13(6-4-12)17-10-19-15-9-14(18)7-8-16(15)20-17/h3-9,11,17,19H,10H2,1-2H3. The molecule has 0 fully saturated rings. The number of fused-ring (bicyclic) bond motifs is 1. The van der Waals surface area contributed by atoms with Gasteiger partial charge in [0.2, 0.25) is 0 Å². The minimum absolute atomic E-state index is 0.0332. The third kappa shape index (κ3) is 2.48. The molecule has 2 nitrogen and oxygen atoms in total. The maximum Gasteiger partial charge on any atom is 0.143 e. The molecule has 3 heteroatoms. The van der Waals surface area contributed by atoms with Crippen LogP contribution in [0.3, 0.4) is 0 Å². The Morgan fingerprint density at radius 2 is 1.90 bits per heavy atom. The first kappa shape index (κ1) is 13.0. The lowest BCUT2D eigenvalue weighted by molar-refractivity contribution is 0.210. The van der Waals surface area contributed by atoms with Gasteiger partial charge in [-0.25, -0.2) is 4.39 Å². The maximum absolute atomic E-state index is 13.1. The maximum atomic E-state index is 13.1. The number of anilines is 1. The SMILES string of the molecule is CC(C)c1ccc(C2CNc3cc(F)ccc3O2)cc1. The topological polar surface area (TPSA) is 21.3 Å². The van der Waals surface area contributed by atoms with Crippen molar-refractivity contribution in [3.05, 3.63) is 59.4 Å². The van der Waals surface area contributed by atoms with E-state index >= 15 is 0 Å². The molecule has 20 heavy (non-hydrogen) atoms. The quantitative estimate of drug-likeness (QED) is 0.868. The van der Waals surface area contributed by atoms with Gasteiger partial charge in [-0.3, -0.25) is 0 Å². The van der Waals surface area contributed by atoms with Crippen LogP contribution in [0.1, 0.15) is 37.0 Å². The van der Waals surface area contributed by atoms with Gasteiger partial charge in [0, 0.05) is 6.07 Å². The Morgan fingerprint density at radius 3 is 2.60 bits per heavy atom. The minimum Gasteiger partial charge on any atom is -0.482 e. The van der Waals surface area contributed by atoms with Crippen LogP contribution in [0.25, 0.3) is 0 Å². The molecule has 1 unspecified atom stereocenters. The fourth-order valence-corrected chi connectivity index (χ4v) is 2.42. The summed E-state index contributed by atoms with van der Waals surface area (Å²) in [4.78, 5) is 0. The summed E-state index contributed by atoms with van der Waals surface area (Å²) in [6.07, 6.45) is -0.0332. The molecule has 1 aliphatic rings. The molecule has 3 rings (SSSR count). The van der Waals surface area contributed by atoms with Crippen molar-refractivity contribution in [2.75, 3.05) is 11.9 Å². The number of hydrogen-bond donors (Lipinski definition) is 1. The summed E-state index contributed by atoms with van der Waals surface area (Å²) in [5, 5.41) is 3.22. The molecule has 1 aliphatic heterocycles. The third-order valence-corrected chi connectivity index (χ3v) is 3.66. The highest BCUT2D eigenvalue weighted by Crippen LogP contribution is 2.34. The van der Waals surface area contributed by atoms with Crippen LogP contribution in [0.4, 0.5) is 10.1 Å². The van der Waals surface area contributed by atoms with Crippen LogP contribution in [0.2, 0.25) is 0 Å². The second-order valence-electron chi connectivity index (χ2n) is 5.45. The van der Waals surface area contributed by atoms with Crippen molar-refractivity contribution < 1.29 is 9.13 Å². The fraction of sp³-hybridized carbons (Fsp3) is 0.294. The van der Waals surface area contributed by atoms with Crippen molar-refractivity contribution in [2.24, 2.45) is 0 Å². The smallest absolute Gasteiger partial charge is 0.143 e. The molecule has 1 atom stereocenters. The number of nitrogens with one attached hydrogen (secondary N) is 1. The van der Waals surface area contributed by atoms with Gasteiger partial charge in [0.1, 0.15) is 17.7 Å². The van der Waals surface area contributed by atoms with E-state index in [1.54, 1.807) is 6.07 Å². The normalized spacial score (nSPS) is 17.3. The Hall–Kier alpha value is -2.03. The Bertz CT molecular complexity index is 607. The molecule has 1 heterocycles. The third-order valence-electron chi connectivity index (χ3n) is 3.66. The zero-order valence-electron chi connectivity index (χ0n) is 11.7. The van der Waals surface area contributed by atoms with Crippen LogP contribution in [0.5, 0.6) is 5.75 Å². The molecular formula is C17H18FNO. The first-order valence-corrected chi connectivity index (χ1v) is 6.93. The van der Waals surface area contributed by atoms with Crippen molar-refractivity contribution in [2.45, 2.75) is 25.9 Å². The summed E-state index contributed by atoms with van der Waals surface area (Å²) in [5.41, 5.74) is 3.18. The van der Waals surface area contributed by atoms with E-state index in [0.717, 1.165) is 11.3 Å². The molecule has 2 aromatic carbocycles.